The second kappa shape index (κ2) is 21.6. The highest BCUT2D eigenvalue weighted by atomic mass is 35.5. The van der Waals surface area contributed by atoms with E-state index in [0.29, 0.717) is 83.3 Å². The number of carbonyl (C=O) groups is 5. The van der Waals surface area contributed by atoms with Gasteiger partial charge in [-0.2, -0.15) is 13.2 Å². The average Bonchev–Trinajstić information content (AvgIpc) is 3.43. The summed E-state index contributed by atoms with van der Waals surface area (Å²) < 4.78 is 53.0. The number of benzene rings is 2. The summed E-state index contributed by atoms with van der Waals surface area (Å²) in [5, 5.41) is 2.66. The monoisotopic (exact) mass is 888 g/mol. The van der Waals surface area contributed by atoms with Gasteiger partial charge in [-0.3, -0.25) is 14.4 Å². The Hall–Kier alpha value is -4.73. The molecule has 0 spiro atoms. The molecular formula is C45H60ClF3N6O7. The van der Waals surface area contributed by atoms with Gasteiger partial charge in [0.15, 0.2) is 6.10 Å². The fraction of sp³-hybridized carbons (Fsp3) is 0.622. The van der Waals surface area contributed by atoms with Crippen molar-refractivity contribution in [1.29, 1.82) is 0 Å². The summed E-state index contributed by atoms with van der Waals surface area (Å²) >= 11 is 6.15. The number of nitrogens with zero attached hydrogens (tertiary/aromatic N) is 4. The quantitative estimate of drug-likeness (QED) is 0.110. The third-order valence-corrected chi connectivity index (χ3v) is 13.3. The second-order valence-corrected chi connectivity index (χ2v) is 17.4. The first-order valence-electron chi connectivity index (χ1n) is 22.2. The predicted octanol–water partition coefficient (Wildman–Crippen LogP) is 7.92. The molecule has 4 heterocycles. The Morgan fingerprint density at radius 3 is 2.16 bits per heavy atom. The van der Waals surface area contributed by atoms with Crippen LogP contribution in [0.1, 0.15) is 101 Å². The van der Waals surface area contributed by atoms with Crippen molar-refractivity contribution in [3.63, 3.8) is 0 Å². The van der Waals surface area contributed by atoms with E-state index in [4.69, 9.17) is 26.8 Å². The number of ether oxygens (including phenoxy) is 2. The molecule has 3 fully saturated rings. The lowest BCUT2D eigenvalue weighted by molar-refractivity contribution is -0.146. The molecule has 3 saturated heterocycles. The highest BCUT2D eigenvalue weighted by Gasteiger charge is 2.39. The first-order valence-corrected chi connectivity index (χ1v) is 22.6. The van der Waals surface area contributed by atoms with Crippen LogP contribution in [-0.2, 0) is 42.9 Å². The molecule has 340 valence electrons. The Kier molecular flexibility index (Phi) is 16.3. The fourth-order valence-electron chi connectivity index (χ4n) is 9.28. The van der Waals surface area contributed by atoms with Gasteiger partial charge in [-0.1, -0.05) is 56.0 Å². The molecule has 0 unspecified atom stereocenters. The summed E-state index contributed by atoms with van der Waals surface area (Å²) in [6, 6.07) is 9.43. The van der Waals surface area contributed by atoms with Crippen molar-refractivity contribution in [3.05, 3.63) is 58.1 Å². The summed E-state index contributed by atoms with van der Waals surface area (Å²) in [6.07, 6.45) is 1.51. The third kappa shape index (κ3) is 12.3. The summed E-state index contributed by atoms with van der Waals surface area (Å²) in [4.78, 5) is 72.8. The number of amides is 5. The standard InChI is InChI=1S/C45H60ClF3N6O7/c1-2-3-4-7-26-61-40(57)11-10-39(56)52-19-12-31(13-20-52)32-14-21-53(22-15-32)42(58)38(29-30-27-35(45(47,48)49)41(50)36(46)28-30)62-44(60)54-23-17-34(18-24-54)55-25-16-33-8-5-6-9-37(33)51-43(55)59/h5-6,8-9,27-28,31-32,34,38H,2-4,7,10-26,29,50H2,1H3,(H,51,59)/t38-/m1/s1. The summed E-state index contributed by atoms with van der Waals surface area (Å²) in [5.74, 6) is -0.272. The number of nitrogen functional groups attached to an aromatic ring is 1. The predicted molar refractivity (Wildman–Crippen MR) is 228 cm³/mol. The Labute approximate surface area is 366 Å². The molecule has 4 aliphatic rings. The minimum atomic E-state index is -4.80. The van der Waals surface area contributed by atoms with Crippen LogP contribution in [0.5, 0.6) is 0 Å². The highest BCUT2D eigenvalue weighted by molar-refractivity contribution is 6.33. The number of hydrogen-bond donors (Lipinski definition) is 2. The number of carbonyl (C=O) groups excluding carboxylic acids is 5. The number of alkyl halides is 3. The van der Waals surface area contributed by atoms with Crippen LogP contribution in [0.25, 0.3) is 0 Å². The van der Waals surface area contributed by atoms with Crippen molar-refractivity contribution in [3.8, 4) is 0 Å². The number of esters is 1. The van der Waals surface area contributed by atoms with Crippen LogP contribution in [-0.4, -0.2) is 114 Å². The number of likely N-dealkylation sites (tertiary alicyclic amines) is 3. The van der Waals surface area contributed by atoms with Gasteiger partial charge in [0.1, 0.15) is 0 Å². The molecule has 17 heteroatoms. The number of piperidine rings is 3. The van der Waals surface area contributed by atoms with E-state index in [0.717, 1.165) is 55.8 Å². The molecule has 0 bridgehead atoms. The number of nitrogens with two attached hydrogens (primary N) is 1. The summed E-state index contributed by atoms with van der Waals surface area (Å²) in [6.45, 7) is 5.47. The number of rotatable bonds is 14. The maximum absolute atomic E-state index is 14.2. The van der Waals surface area contributed by atoms with Crippen LogP contribution >= 0.6 is 11.6 Å². The third-order valence-electron chi connectivity index (χ3n) is 13.0. The van der Waals surface area contributed by atoms with Crippen LogP contribution in [0, 0.1) is 11.8 Å². The molecule has 13 nitrogen and oxygen atoms in total. The summed E-state index contributed by atoms with van der Waals surface area (Å²) in [5.41, 5.74) is 5.80. The molecule has 2 aromatic rings. The number of urea groups is 1. The van der Waals surface area contributed by atoms with Gasteiger partial charge in [0.2, 0.25) is 5.91 Å². The zero-order valence-electron chi connectivity index (χ0n) is 35.6. The second-order valence-electron chi connectivity index (χ2n) is 17.0. The number of para-hydroxylation sites is 1. The number of unbranched alkanes of at least 4 members (excludes halogenated alkanes) is 3. The van der Waals surface area contributed by atoms with Crippen LogP contribution in [0.2, 0.25) is 5.02 Å². The SMILES string of the molecule is CCCCCCOC(=O)CCC(=O)N1CCC(C2CCN(C(=O)[C@@H](Cc3cc(Cl)c(N)c(C(F)(F)F)c3)OC(=O)N3CCC(N4CCc5ccccc5NC4=O)CC3)CC2)CC1. The fourth-order valence-corrected chi connectivity index (χ4v) is 9.53. The molecule has 5 amide bonds. The summed E-state index contributed by atoms with van der Waals surface area (Å²) in [7, 11) is 0. The zero-order chi connectivity index (χ0) is 44.4. The maximum atomic E-state index is 14.2. The first-order chi connectivity index (χ1) is 29.7. The van der Waals surface area contributed by atoms with Gasteiger partial charge >= 0.3 is 24.3 Å². The molecule has 0 aromatic heterocycles. The number of nitrogens with one attached hydrogen (secondary N) is 1. The molecule has 0 aliphatic carbocycles. The minimum absolute atomic E-state index is 0.0463. The number of anilines is 2. The first kappa shape index (κ1) is 46.8. The normalized spacial score (nSPS) is 18.8. The lowest BCUT2D eigenvalue weighted by Crippen LogP contribution is -2.52. The molecular weight excluding hydrogens is 829 g/mol. The lowest BCUT2D eigenvalue weighted by Gasteiger charge is -2.41. The Balaban J connectivity index is 1.02. The van der Waals surface area contributed by atoms with Gasteiger partial charge < -0.3 is 40.1 Å². The molecule has 1 atom stereocenters. The lowest BCUT2D eigenvalue weighted by atomic mass is 9.78. The van der Waals surface area contributed by atoms with Crippen LogP contribution in [0.3, 0.4) is 0 Å². The molecule has 2 aromatic carbocycles. The Morgan fingerprint density at radius 2 is 1.50 bits per heavy atom. The van der Waals surface area contributed by atoms with Gasteiger partial charge in [0, 0.05) is 70.4 Å². The van der Waals surface area contributed by atoms with Crippen LogP contribution in [0.4, 0.5) is 34.1 Å². The average molecular weight is 889 g/mol. The van der Waals surface area contributed by atoms with Crippen molar-refractivity contribution in [2.24, 2.45) is 11.8 Å². The van der Waals surface area contributed by atoms with E-state index >= 15 is 0 Å². The van der Waals surface area contributed by atoms with Gasteiger partial charge in [-0.15, -0.1) is 0 Å². The number of halogens is 4. The van der Waals surface area contributed by atoms with E-state index < -0.39 is 35.5 Å². The molecule has 6 rings (SSSR count). The van der Waals surface area contributed by atoms with Crippen molar-refractivity contribution >= 4 is 52.9 Å². The minimum Gasteiger partial charge on any atom is -0.466 e. The molecule has 0 radical (unpaired) electrons. The van der Waals surface area contributed by atoms with Gasteiger partial charge in [-0.05, 0) is 92.5 Å². The number of fused-ring (bicyclic) bond motifs is 1. The van der Waals surface area contributed by atoms with Crippen LogP contribution in [0.15, 0.2) is 36.4 Å². The van der Waals surface area contributed by atoms with E-state index in [-0.39, 0.29) is 66.9 Å². The highest BCUT2D eigenvalue weighted by Crippen LogP contribution is 2.39. The molecule has 3 N–H and O–H groups in total. The van der Waals surface area contributed by atoms with E-state index in [1.165, 1.54) is 11.0 Å². The van der Waals surface area contributed by atoms with E-state index in [1.807, 2.05) is 29.2 Å². The van der Waals surface area contributed by atoms with Crippen molar-refractivity contribution in [2.45, 2.75) is 115 Å². The molecule has 0 saturated carbocycles. The molecule has 4 aliphatic heterocycles. The molecule has 62 heavy (non-hydrogen) atoms. The van der Waals surface area contributed by atoms with Gasteiger partial charge in [0.05, 0.1) is 29.3 Å². The number of hydrogen-bond acceptors (Lipinski definition) is 8. The Bertz CT molecular complexity index is 1900. The van der Waals surface area contributed by atoms with E-state index in [1.54, 1.807) is 9.80 Å². The topological polar surface area (TPSA) is 155 Å². The van der Waals surface area contributed by atoms with Gasteiger partial charge in [0.25, 0.3) is 5.91 Å². The Morgan fingerprint density at radius 1 is 0.855 bits per heavy atom. The maximum Gasteiger partial charge on any atom is 0.418 e. The largest absolute Gasteiger partial charge is 0.466 e. The van der Waals surface area contributed by atoms with Crippen molar-refractivity contribution in [1.82, 2.24) is 19.6 Å². The zero-order valence-corrected chi connectivity index (χ0v) is 36.3. The van der Waals surface area contributed by atoms with Crippen LogP contribution < -0.4 is 11.1 Å². The van der Waals surface area contributed by atoms with Crippen molar-refractivity contribution < 1.29 is 46.6 Å². The van der Waals surface area contributed by atoms with Gasteiger partial charge in [-0.25, -0.2) is 9.59 Å². The van der Waals surface area contributed by atoms with Crippen molar-refractivity contribution in [2.75, 3.05) is 63.5 Å². The van der Waals surface area contributed by atoms with E-state index in [2.05, 4.69) is 12.2 Å². The van der Waals surface area contributed by atoms with E-state index in [9.17, 15) is 37.1 Å². The smallest absolute Gasteiger partial charge is 0.418 e.